The number of hydrogen-bond donors (Lipinski definition) is 1. The van der Waals surface area contributed by atoms with Crippen LogP contribution in [0.3, 0.4) is 0 Å². The maximum atomic E-state index is 13.8. The lowest BCUT2D eigenvalue weighted by Crippen LogP contribution is -2.12. The molecule has 0 aliphatic rings. The molecule has 140 valence electrons. The highest BCUT2D eigenvalue weighted by Gasteiger charge is 2.18. The van der Waals surface area contributed by atoms with Crippen LogP contribution in [0.1, 0.15) is 5.56 Å². The average molecular weight is 411 g/mol. The van der Waals surface area contributed by atoms with E-state index in [0.717, 1.165) is 6.07 Å². The van der Waals surface area contributed by atoms with E-state index in [0.29, 0.717) is 0 Å². The zero-order valence-corrected chi connectivity index (χ0v) is 15.1. The maximum absolute atomic E-state index is 13.8. The molecule has 0 aliphatic heterocycles. The van der Waals surface area contributed by atoms with Gasteiger partial charge in [0.15, 0.2) is 0 Å². The Morgan fingerprint density at radius 1 is 1.26 bits per heavy atom. The fourth-order valence-corrected chi connectivity index (χ4v) is 3.62. The molecule has 0 fully saturated rings. The maximum Gasteiger partial charge on any atom is 0.270 e. The molecular formula is C16H12ClFN4O4S. The van der Waals surface area contributed by atoms with Crippen LogP contribution >= 0.6 is 11.6 Å². The van der Waals surface area contributed by atoms with Crippen molar-refractivity contribution in [3.63, 3.8) is 0 Å². The molecule has 2 aromatic carbocycles. The van der Waals surface area contributed by atoms with Crippen LogP contribution in [0.15, 0.2) is 59.8 Å². The Kier molecular flexibility index (Phi) is 5.10. The fourth-order valence-electron chi connectivity index (χ4n) is 2.33. The molecule has 11 heteroatoms. The molecular weight excluding hydrogens is 399 g/mol. The highest BCUT2D eigenvalue weighted by molar-refractivity contribution is 7.92. The van der Waals surface area contributed by atoms with Crippen LogP contribution in [0.2, 0.25) is 5.02 Å². The number of anilines is 1. The van der Waals surface area contributed by atoms with Gasteiger partial charge in [0, 0.05) is 28.9 Å². The monoisotopic (exact) mass is 410 g/mol. The Labute approximate surface area is 158 Å². The number of rotatable bonds is 6. The highest BCUT2D eigenvalue weighted by Crippen LogP contribution is 2.22. The summed E-state index contributed by atoms with van der Waals surface area (Å²) in [4.78, 5) is 9.86. The molecule has 1 aromatic heterocycles. The number of non-ortho nitro benzene ring substituents is 1. The topological polar surface area (TPSA) is 107 Å². The number of nitrogens with zero attached hydrogens (tertiary/aromatic N) is 3. The Morgan fingerprint density at radius 2 is 2.00 bits per heavy atom. The third kappa shape index (κ3) is 4.23. The minimum atomic E-state index is -4.05. The number of benzene rings is 2. The number of nitro groups is 1. The summed E-state index contributed by atoms with van der Waals surface area (Å²) in [5.74, 6) is -0.503. The molecule has 0 bridgehead atoms. The Morgan fingerprint density at radius 3 is 2.70 bits per heavy atom. The zero-order chi connectivity index (χ0) is 19.6. The smallest absolute Gasteiger partial charge is 0.270 e. The van der Waals surface area contributed by atoms with Crippen LogP contribution in [0.4, 0.5) is 15.8 Å². The van der Waals surface area contributed by atoms with Gasteiger partial charge >= 0.3 is 0 Å². The first-order chi connectivity index (χ1) is 12.8. The van der Waals surface area contributed by atoms with Crippen molar-refractivity contribution in [2.45, 2.75) is 11.4 Å². The number of aromatic nitrogens is 2. The second-order valence-corrected chi connectivity index (χ2v) is 7.58. The summed E-state index contributed by atoms with van der Waals surface area (Å²) < 4.78 is 42.2. The second kappa shape index (κ2) is 7.33. The molecule has 0 spiro atoms. The molecule has 0 unspecified atom stereocenters. The van der Waals surface area contributed by atoms with Crippen molar-refractivity contribution in [2.24, 2.45) is 0 Å². The molecule has 0 atom stereocenters. The van der Waals surface area contributed by atoms with E-state index in [1.165, 1.54) is 53.5 Å². The van der Waals surface area contributed by atoms with Crippen LogP contribution in [0, 0.1) is 15.9 Å². The summed E-state index contributed by atoms with van der Waals surface area (Å²) in [5.41, 5.74) is -0.00732. The van der Waals surface area contributed by atoms with E-state index in [9.17, 15) is 22.9 Å². The van der Waals surface area contributed by atoms with Gasteiger partial charge in [0.2, 0.25) is 0 Å². The molecule has 8 nitrogen and oxygen atoms in total. The van der Waals surface area contributed by atoms with Crippen LogP contribution in [0.5, 0.6) is 0 Å². The van der Waals surface area contributed by atoms with E-state index in [-0.39, 0.29) is 33.4 Å². The average Bonchev–Trinajstić information content (AvgIpc) is 3.05. The summed E-state index contributed by atoms with van der Waals surface area (Å²) in [7, 11) is -4.05. The molecule has 0 saturated carbocycles. The first-order valence-electron chi connectivity index (χ1n) is 7.49. The lowest BCUT2D eigenvalue weighted by Gasteiger charge is -2.07. The number of nitrogens with one attached hydrogen (secondary N) is 1. The van der Waals surface area contributed by atoms with Crippen molar-refractivity contribution in [1.82, 2.24) is 9.78 Å². The Balaban J connectivity index is 1.81. The lowest BCUT2D eigenvalue weighted by molar-refractivity contribution is -0.385. The molecule has 0 amide bonds. The van der Waals surface area contributed by atoms with E-state index in [1.54, 1.807) is 0 Å². The molecule has 0 radical (unpaired) electrons. The van der Waals surface area contributed by atoms with E-state index >= 15 is 0 Å². The predicted molar refractivity (Wildman–Crippen MR) is 96.6 cm³/mol. The number of sulfonamides is 1. The van der Waals surface area contributed by atoms with Gasteiger partial charge in [-0.3, -0.25) is 19.5 Å². The minimum absolute atomic E-state index is 0.00401. The molecule has 0 saturated heterocycles. The standard InChI is InChI=1S/C16H12ClFN4O4S/c17-15-5-2-6-16(18)14(15)10-21-9-11(8-19-21)20-27(25,26)13-4-1-3-12(7-13)22(23)24/h1-9,20H,10H2. The summed E-state index contributed by atoms with van der Waals surface area (Å²) in [6, 6.07) is 8.92. The molecule has 1 N–H and O–H groups in total. The van der Waals surface area contributed by atoms with Crippen molar-refractivity contribution in [3.8, 4) is 0 Å². The molecule has 0 aliphatic carbocycles. The van der Waals surface area contributed by atoms with Gasteiger partial charge in [0.05, 0.1) is 28.2 Å². The van der Waals surface area contributed by atoms with Crippen molar-refractivity contribution in [2.75, 3.05) is 4.72 Å². The molecule has 3 rings (SSSR count). The van der Waals surface area contributed by atoms with E-state index in [4.69, 9.17) is 11.6 Å². The number of hydrogen-bond acceptors (Lipinski definition) is 5. The summed E-state index contributed by atoms with van der Waals surface area (Å²) >= 11 is 5.97. The first kappa shape index (κ1) is 18.8. The quantitative estimate of drug-likeness (QED) is 0.494. The van der Waals surface area contributed by atoms with Crippen molar-refractivity contribution in [1.29, 1.82) is 0 Å². The highest BCUT2D eigenvalue weighted by atomic mass is 35.5. The predicted octanol–water partition coefficient (Wildman–Crippen LogP) is 3.43. The second-order valence-electron chi connectivity index (χ2n) is 5.49. The lowest BCUT2D eigenvalue weighted by atomic mass is 10.2. The van der Waals surface area contributed by atoms with Gasteiger partial charge in [-0.15, -0.1) is 0 Å². The van der Waals surface area contributed by atoms with Gasteiger partial charge in [0.1, 0.15) is 5.82 Å². The van der Waals surface area contributed by atoms with E-state index < -0.39 is 20.8 Å². The van der Waals surface area contributed by atoms with Crippen molar-refractivity contribution in [3.05, 3.63) is 81.4 Å². The number of halogens is 2. The minimum Gasteiger partial charge on any atom is -0.276 e. The fraction of sp³-hybridized carbons (Fsp3) is 0.0625. The van der Waals surface area contributed by atoms with Crippen LogP contribution in [0.25, 0.3) is 0 Å². The van der Waals surface area contributed by atoms with E-state index in [2.05, 4.69) is 9.82 Å². The third-order valence-corrected chi connectivity index (χ3v) is 5.34. The van der Waals surface area contributed by atoms with Crippen molar-refractivity contribution >= 4 is 33.0 Å². The van der Waals surface area contributed by atoms with Crippen LogP contribution < -0.4 is 4.72 Å². The van der Waals surface area contributed by atoms with Gasteiger partial charge < -0.3 is 0 Å². The first-order valence-corrected chi connectivity index (χ1v) is 9.35. The Bertz CT molecular complexity index is 1100. The largest absolute Gasteiger partial charge is 0.276 e. The Hall–Kier alpha value is -2.98. The van der Waals surface area contributed by atoms with Crippen LogP contribution in [-0.2, 0) is 16.6 Å². The SMILES string of the molecule is O=[N+]([O-])c1cccc(S(=O)(=O)Nc2cnn(Cc3c(F)cccc3Cl)c2)c1. The molecule has 3 aromatic rings. The zero-order valence-electron chi connectivity index (χ0n) is 13.5. The third-order valence-electron chi connectivity index (χ3n) is 3.61. The van der Waals surface area contributed by atoms with Gasteiger partial charge in [-0.05, 0) is 18.2 Å². The van der Waals surface area contributed by atoms with Crippen molar-refractivity contribution < 1.29 is 17.7 Å². The number of nitro benzene ring substituents is 1. The van der Waals surface area contributed by atoms with Gasteiger partial charge in [-0.2, -0.15) is 5.10 Å². The summed E-state index contributed by atoms with van der Waals surface area (Å²) in [6.45, 7) is 0.00401. The van der Waals surface area contributed by atoms with Gasteiger partial charge in [0.25, 0.3) is 15.7 Å². The van der Waals surface area contributed by atoms with Gasteiger partial charge in [-0.1, -0.05) is 23.7 Å². The van der Waals surface area contributed by atoms with Gasteiger partial charge in [-0.25, -0.2) is 12.8 Å². The summed E-state index contributed by atoms with van der Waals surface area (Å²) in [6.07, 6.45) is 2.60. The van der Waals surface area contributed by atoms with Crippen LogP contribution in [-0.4, -0.2) is 23.1 Å². The normalized spacial score (nSPS) is 11.3. The molecule has 27 heavy (non-hydrogen) atoms. The summed E-state index contributed by atoms with van der Waals surface area (Å²) in [5, 5.41) is 15.0. The van der Waals surface area contributed by atoms with E-state index in [1.807, 2.05) is 0 Å². The molecule has 1 heterocycles.